The first kappa shape index (κ1) is 5.77. The molecule has 0 radical (unpaired) electrons. The third-order valence-corrected chi connectivity index (χ3v) is 1.98. The number of imidazole rings is 1. The first-order chi connectivity index (χ1) is 5.95. The lowest BCUT2D eigenvalue weighted by Gasteiger charge is -1.92. The Morgan fingerprint density at radius 3 is 3.33 bits per heavy atom. The zero-order valence-electron chi connectivity index (χ0n) is 6.23. The van der Waals surface area contributed by atoms with Crippen molar-refractivity contribution in [2.75, 3.05) is 0 Å². The molecule has 0 fully saturated rings. The zero-order chi connectivity index (χ0) is 7.97. The van der Waals surface area contributed by atoms with Crippen LogP contribution in [0.4, 0.5) is 0 Å². The van der Waals surface area contributed by atoms with E-state index < -0.39 is 0 Å². The fourth-order valence-corrected chi connectivity index (χ4v) is 1.39. The molecule has 1 N–H and O–H groups in total. The average molecular weight is 158 g/mol. The fourth-order valence-electron chi connectivity index (χ4n) is 1.39. The van der Waals surface area contributed by atoms with Crippen LogP contribution < -0.4 is 0 Å². The summed E-state index contributed by atoms with van der Waals surface area (Å²) in [5.41, 5.74) is 1.91. The minimum Gasteiger partial charge on any atom is -0.305 e. The quantitative estimate of drug-likeness (QED) is 0.534. The van der Waals surface area contributed by atoms with Crippen molar-refractivity contribution in [1.29, 1.82) is 0 Å². The van der Waals surface area contributed by atoms with Crippen molar-refractivity contribution in [1.82, 2.24) is 19.6 Å². The molecule has 0 saturated carbocycles. The van der Waals surface area contributed by atoms with Crippen LogP contribution in [0, 0.1) is 0 Å². The Morgan fingerprint density at radius 2 is 2.33 bits per heavy atom. The van der Waals surface area contributed by atoms with Crippen LogP contribution in [0.3, 0.4) is 0 Å². The zero-order valence-corrected chi connectivity index (χ0v) is 6.23. The molecule has 0 aromatic carbocycles. The number of nitrogens with zero attached hydrogens (tertiary/aromatic N) is 3. The van der Waals surface area contributed by atoms with E-state index in [1.165, 1.54) is 0 Å². The number of H-pyrrole nitrogens is 1. The van der Waals surface area contributed by atoms with Crippen molar-refractivity contribution < 1.29 is 0 Å². The lowest BCUT2D eigenvalue weighted by atomic mass is 10.3. The predicted octanol–water partition coefficient (Wildman–Crippen LogP) is 1.21. The van der Waals surface area contributed by atoms with Gasteiger partial charge in [0.25, 0.3) is 0 Å². The number of rotatable bonds is 0. The molecule has 4 heteroatoms. The Hall–Kier alpha value is -1.84. The Bertz CT molecular complexity index is 484. The van der Waals surface area contributed by atoms with Crippen molar-refractivity contribution in [3.8, 4) is 0 Å². The second-order valence-corrected chi connectivity index (χ2v) is 2.67. The standard InChI is InChI=1S/C8H6N4/c1-3-12-4-2-9-8(12)7-6(1)5-10-11-7/h1-5H,(H,10,11). The normalized spacial score (nSPS) is 11.3. The van der Waals surface area contributed by atoms with Crippen LogP contribution >= 0.6 is 0 Å². The SMILES string of the molecule is c1cn2ccc3cn[nH]c3c2n1. The van der Waals surface area contributed by atoms with Gasteiger partial charge in [-0.05, 0) is 6.07 Å². The lowest BCUT2D eigenvalue weighted by molar-refractivity contribution is 1.11. The molecule has 4 nitrogen and oxygen atoms in total. The molecule has 0 atom stereocenters. The molecule has 58 valence electrons. The van der Waals surface area contributed by atoms with Crippen molar-refractivity contribution >= 4 is 16.6 Å². The molecule has 3 aromatic rings. The first-order valence-corrected chi connectivity index (χ1v) is 3.70. The maximum atomic E-state index is 4.21. The van der Waals surface area contributed by atoms with Crippen LogP contribution in [0.25, 0.3) is 16.6 Å². The summed E-state index contributed by atoms with van der Waals surface area (Å²) in [6, 6.07) is 2.01. The molecular weight excluding hydrogens is 152 g/mol. The second kappa shape index (κ2) is 1.85. The summed E-state index contributed by atoms with van der Waals surface area (Å²) in [4.78, 5) is 4.21. The van der Waals surface area contributed by atoms with Gasteiger partial charge in [-0.2, -0.15) is 5.10 Å². The first-order valence-electron chi connectivity index (χ1n) is 3.70. The van der Waals surface area contributed by atoms with Gasteiger partial charge in [0.2, 0.25) is 0 Å². The molecule has 0 unspecified atom stereocenters. The number of hydrogen-bond acceptors (Lipinski definition) is 2. The summed E-state index contributed by atoms with van der Waals surface area (Å²) in [5, 5.41) is 7.96. The van der Waals surface area contributed by atoms with Gasteiger partial charge in [-0.25, -0.2) is 4.98 Å². The van der Waals surface area contributed by atoms with Crippen molar-refractivity contribution in [2.45, 2.75) is 0 Å². The topological polar surface area (TPSA) is 46.0 Å². The van der Waals surface area contributed by atoms with Crippen molar-refractivity contribution in [3.63, 3.8) is 0 Å². The van der Waals surface area contributed by atoms with Gasteiger partial charge >= 0.3 is 0 Å². The minimum atomic E-state index is 0.921. The maximum Gasteiger partial charge on any atom is 0.162 e. The summed E-state index contributed by atoms with van der Waals surface area (Å²) in [7, 11) is 0. The summed E-state index contributed by atoms with van der Waals surface area (Å²) in [6.07, 6.45) is 7.45. The highest BCUT2D eigenvalue weighted by Gasteiger charge is 2.01. The highest BCUT2D eigenvalue weighted by Crippen LogP contribution is 2.14. The van der Waals surface area contributed by atoms with Crippen LogP contribution in [0.15, 0.2) is 30.9 Å². The smallest absolute Gasteiger partial charge is 0.162 e. The molecule has 0 saturated heterocycles. The Kier molecular flexibility index (Phi) is 0.889. The van der Waals surface area contributed by atoms with E-state index in [-0.39, 0.29) is 0 Å². The van der Waals surface area contributed by atoms with Gasteiger partial charge in [0.1, 0.15) is 5.52 Å². The van der Waals surface area contributed by atoms with Gasteiger partial charge < -0.3 is 4.40 Å². The van der Waals surface area contributed by atoms with E-state index in [1.54, 1.807) is 12.4 Å². The van der Waals surface area contributed by atoms with Crippen LogP contribution in [-0.2, 0) is 0 Å². The van der Waals surface area contributed by atoms with Gasteiger partial charge in [-0.1, -0.05) is 0 Å². The summed E-state index contributed by atoms with van der Waals surface area (Å²) < 4.78 is 1.96. The van der Waals surface area contributed by atoms with E-state index >= 15 is 0 Å². The van der Waals surface area contributed by atoms with Crippen LogP contribution in [0.5, 0.6) is 0 Å². The molecule has 0 aliphatic heterocycles. The Balaban J connectivity index is 2.71. The molecule has 0 amide bonds. The average Bonchev–Trinajstić information content (AvgIpc) is 2.71. The molecule has 0 aliphatic carbocycles. The Morgan fingerprint density at radius 1 is 1.33 bits per heavy atom. The number of hydrogen-bond donors (Lipinski definition) is 1. The number of nitrogens with one attached hydrogen (secondary N) is 1. The number of aromatic nitrogens is 4. The summed E-state index contributed by atoms with van der Waals surface area (Å²) in [6.45, 7) is 0. The molecular formula is C8H6N4. The monoisotopic (exact) mass is 158 g/mol. The predicted molar refractivity (Wildman–Crippen MR) is 44.8 cm³/mol. The number of pyridine rings is 1. The summed E-state index contributed by atoms with van der Waals surface area (Å²) >= 11 is 0. The summed E-state index contributed by atoms with van der Waals surface area (Å²) in [5.74, 6) is 0. The van der Waals surface area contributed by atoms with Crippen molar-refractivity contribution in [2.24, 2.45) is 0 Å². The van der Waals surface area contributed by atoms with Crippen LogP contribution in [0.2, 0.25) is 0 Å². The van der Waals surface area contributed by atoms with Crippen LogP contribution in [-0.4, -0.2) is 19.6 Å². The van der Waals surface area contributed by atoms with E-state index in [0.717, 1.165) is 16.6 Å². The van der Waals surface area contributed by atoms with E-state index in [9.17, 15) is 0 Å². The number of fused-ring (bicyclic) bond motifs is 3. The fraction of sp³-hybridized carbons (Fsp3) is 0. The molecule has 3 heterocycles. The molecule has 0 bridgehead atoms. The largest absolute Gasteiger partial charge is 0.305 e. The van der Waals surface area contributed by atoms with E-state index in [1.807, 2.05) is 22.9 Å². The van der Waals surface area contributed by atoms with Gasteiger partial charge in [0.15, 0.2) is 5.65 Å². The van der Waals surface area contributed by atoms with Gasteiger partial charge in [-0.3, -0.25) is 5.10 Å². The van der Waals surface area contributed by atoms with Gasteiger partial charge in [0, 0.05) is 24.0 Å². The van der Waals surface area contributed by atoms with Gasteiger partial charge in [-0.15, -0.1) is 0 Å². The van der Waals surface area contributed by atoms with E-state index in [4.69, 9.17) is 0 Å². The maximum absolute atomic E-state index is 4.21. The molecule has 0 spiro atoms. The molecule has 0 aliphatic rings. The lowest BCUT2D eigenvalue weighted by Crippen LogP contribution is -1.82. The second-order valence-electron chi connectivity index (χ2n) is 2.67. The minimum absolute atomic E-state index is 0.921. The number of aromatic amines is 1. The van der Waals surface area contributed by atoms with Crippen molar-refractivity contribution in [3.05, 3.63) is 30.9 Å². The third kappa shape index (κ3) is 0.567. The molecule has 3 rings (SSSR count). The van der Waals surface area contributed by atoms with E-state index in [2.05, 4.69) is 15.2 Å². The molecule has 3 aromatic heterocycles. The highest BCUT2D eigenvalue weighted by atomic mass is 15.1. The Labute approximate surface area is 67.8 Å². The van der Waals surface area contributed by atoms with Gasteiger partial charge in [0.05, 0.1) is 6.20 Å². The van der Waals surface area contributed by atoms with E-state index in [0.29, 0.717) is 0 Å². The highest BCUT2D eigenvalue weighted by molar-refractivity contribution is 5.89. The molecule has 12 heavy (non-hydrogen) atoms. The van der Waals surface area contributed by atoms with Crippen LogP contribution in [0.1, 0.15) is 0 Å². The third-order valence-electron chi connectivity index (χ3n) is 1.98.